The summed E-state index contributed by atoms with van der Waals surface area (Å²) >= 11 is 5.30. The molecule has 0 saturated carbocycles. The third kappa shape index (κ3) is 2.20. The lowest BCUT2D eigenvalue weighted by Crippen LogP contribution is -2.24. The molecule has 1 N–H and O–H groups in total. The topological polar surface area (TPSA) is 24.0 Å². The van der Waals surface area contributed by atoms with E-state index in [0.717, 1.165) is 24.1 Å². The SMILES string of the molecule is Fc1ccc2[nH]c(=S)n(CCN3CCCC3)c2c1. The van der Waals surface area contributed by atoms with Crippen LogP contribution in [0.1, 0.15) is 12.8 Å². The summed E-state index contributed by atoms with van der Waals surface area (Å²) in [6.07, 6.45) is 2.57. The molecule has 1 aromatic carbocycles. The Morgan fingerprint density at radius 1 is 1.22 bits per heavy atom. The van der Waals surface area contributed by atoms with Crippen LogP contribution in [0.5, 0.6) is 0 Å². The van der Waals surface area contributed by atoms with Crippen molar-refractivity contribution < 1.29 is 4.39 Å². The van der Waals surface area contributed by atoms with Crippen molar-refractivity contribution in [2.75, 3.05) is 19.6 Å². The van der Waals surface area contributed by atoms with Crippen molar-refractivity contribution in [2.24, 2.45) is 0 Å². The van der Waals surface area contributed by atoms with Crippen molar-refractivity contribution in [1.29, 1.82) is 0 Å². The largest absolute Gasteiger partial charge is 0.331 e. The lowest BCUT2D eigenvalue weighted by Gasteiger charge is -2.15. The standard InChI is InChI=1S/C13H16FN3S/c14-10-3-4-11-12(9-10)17(13(18)15-11)8-7-16-5-1-2-6-16/h3-4,9H,1-2,5-8H2,(H,15,18). The summed E-state index contributed by atoms with van der Waals surface area (Å²) in [4.78, 5) is 5.55. The predicted octanol–water partition coefficient (Wildman–Crippen LogP) is 2.93. The predicted molar refractivity (Wildman–Crippen MR) is 72.8 cm³/mol. The van der Waals surface area contributed by atoms with Crippen molar-refractivity contribution in [3.63, 3.8) is 0 Å². The second-order valence-corrected chi connectivity index (χ2v) is 5.18. The van der Waals surface area contributed by atoms with E-state index in [1.807, 2.05) is 4.57 Å². The smallest absolute Gasteiger partial charge is 0.178 e. The molecule has 96 valence electrons. The lowest BCUT2D eigenvalue weighted by molar-refractivity contribution is 0.323. The van der Waals surface area contributed by atoms with Gasteiger partial charge in [-0.25, -0.2) is 4.39 Å². The maximum Gasteiger partial charge on any atom is 0.178 e. The molecule has 1 aliphatic heterocycles. The molecule has 0 amide bonds. The summed E-state index contributed by atoms with van der Waals surface area (Å²) in [7, 11) is 0. The average Bonchev–Trinajstić information content (AvgIpc) is 2.94. The van der Waals surface area contributed by atoms with Crippen molar-refractivity contribution in [3.8, 4) is 0 Å². The average molecular weight is 265 g/mol. The molecule has 2 aromatic rings. The van der Waals surface area contributed by atoms with E-state index in [0.29, 0.717) is 4.77 Å². The van der Waals surface area contributed by atoms with Crippen molar-refractivity contribution in [3.05, 3.63) is 28.8 Å². The molecule has 0 bridgehead atoms. The molecule has 0 atom stereocenters. The first-order valence-corrected chi connectivity index (χ1v) is 6.75. The highest BCUT2D eigenvalue weighted by Crippen LogP contribution is 2.16. The van der Waals surface area contributed by atoms with Crippen molar-refractivity contribution in [2.45, 2.75) is 19.4 Å². The number of benzene rings is 1. The molecule has 0 aliphatic carbocycles. The van der Waals surface area contributed by atoms with Gasteiger partial charge in [-0.2, -0.15) is 0 Å². The van der Waals surface area contributed by atoms with Gasteiger partial charge in [-0.05, 0) is 56.3 Å². The van der Waals surface area contributed by atoms with Crippen molar-refractivity contribution in [1.82, 2.24) is 14.5 Å². The summed E-state index contributed by atoms with van der Waals surface area (Å²) in [5.74, 6) is -0.216. The highest BCUT2D eigenvalue weighted by atomic mass is 32.1. The number of halogens is 1. The highest BCUT2D eigenvalue weighted by molar-refractivity contribution is 7.71. The van der Waals surface area contributed by atoms with Crippen LogP contribution >= 0.6 is 12.2 Å². The van der Waals surface area contributed by atoms with Gasteiger partial charge in [-0.15, -0.1) is 0 Å². The maximum atomic E-state index is 13.3. The molecule has 1 aliphatic rings. The van der Waals surface area contributed by atoms with Gasteiger partial charge in [0.15, 0.2) is 4.77 Å². The molecule has 18 heavy (non-hydrogen) atoms. The first-order valence-electron chi connectivity index (χ1n) is 6.34. The number of imidazole rings is 1. The zero-order valence-corrected chi connectivity index (χ0v) is 11.0. The fourth-order valence-corrected chi connectivity index (χ4v) is 2.90. The molecule has 5 heteroatoms. The molecule has 3 rings (SSSR count). The van der Waals surface area contributed by atoms with Gasteiger partial charge < -0.3 is 14.5 Å². The number of hydrogen-bond acceptors (Lipinski definition) is 2. The third-order valence-electron chi connectivity index (χ3n) is 3.58. The second-order valence-electron chi connectivity index (χ2n) is 4.79. The van der Waals surface area contributed by atoms with Gasteiger partial charge in [-0.1, -0.05) is 0 Å². The first kappa shape index (κ1) is 11.9. The van der Waals surface area contributed by atoms with Gasteiger partial charge in [0.05, 0.1) is 11.0 Å². The monoisotopic (exact) mass is 265 g/mol. The van der Waals surface area contributed by atoms with E-state index in [9.17, 15) is 4.39 Å². The van der Waals surface area contributed by atoms with Crippen LogP contribution < -0.4 is 0 Å². The molecule has 3 nitrogen and oxygen atoms in total. The minimum absolute atomic E-state index is 0.216. The van der Waals surface area contributed by atoms with Gasteiger partial charge in [0.1, 0.15) is 5.82 Å². The Morgan fingerprint density at radius 3 is 2.78 bits per heavy atom. The summed E-state index contributed by atoms with van der Waals surface area (Å²) < 4.78 is 16.0. The zero-order chi connectivity index (χ0) is 12.5. The Bertz CT molecular complexity index is 610. The van der Waals surface area contributed by atoms with E-state index in [1.165, 1.54) is 32.0 Å². The molecule has 1 aromatic heterocycles. The van der Waals surface area contributed by atoms with Crippen LogP contribution in [0.15, 0.2) is 18.2 Å². The second kappa shape index (κ2) is 4.82. The van der Waals surface area contributed by atoms with Gasteiger partial charge >= 0.3 is 0 Å². The number of hydrogen-bond donors (Lipinski definition) is 1. The fourth-order valence-electron chi connectivity index (χ4n) is 2.60. The van der Waals surface area contributed by atoms with E-state index in [1.54, 1.807) is 12.1 Å². The minimum atomic E-state index is -0.216. The van der Waals surface area contributed by atoms with Gasteiger partial charge in [-0.3, -0.25) is 0 Å². The molecule has 1 saturated heterocycles. The van der Waals surface area contributed by atoms with Crippen LogP contribution in [0, 0.1) is 10.6 Å². The van der Waals surface area contributed by atoms with E-state index in [-0.39, 0.29) is 5.82 Å². The number of likely N-dealkylation sites (tertiary alicyclic amines) is 1. The molecular formula is C13H16FN3S. The van der Waals surface area contributed by atoms with Gasteiger partial charge in [0, 0.05) is 13.1 Å². The van der Waals surface area contributed by atoms with E-state index in [4.69, 9.17) is 12.2 Å². The molecule has 1 fully saturated rings. The number of nitrogens with one attached hydrogen (secondary N) is 1. The first-order chi connectivity index (χ1) is 8.74. The van der Waals surface area contributed by atoms with E-state index >= 15 is 0 Å². The Balaban J connectivity index is 1.87. The number of nitrogens with zero attached hydrogens (tertiary/aromatic N) is 2. The lowest BCUT2D eigenvalue weighted by atomic mass is 10.3. The Hall–Kier alpha value is -1.20. The maximum absolute atomic E-state index is 13.3. The molecular weight excluding hydrogens is 249 g/mol. The Labute approximate surface area is 110 Å². The quantitative estimate of drug-likeness (QED) is 0.863. The molecule has 0 radical (unpaired) electrons. The van der Waals surface area contributed by atoms with Gasteiger partial charge in [0.2, 0.25) is 0 Å². The number of aromatic amines is 1. The number of fused-ring (bicyclic) bond motifs is 1. The summed E-state index contributed by atoms with van der Waals surface area (Å²) in [6, 6.07) is 4.75. The van der Waals surface area contributed by atoms with Gasteiger partial charge in [0.25, 0.3) is 0 Å². The van der Waals surface area contributed by atoms with Crippen LogP contribution in [0.25, 0.3) is 11.0 Å². The Morgan fingerprint density at radius 2 is 2.00 bits per heavy atom. The van der Waals surface area contributed by atoms with Crippen LogP contribution in [0.3, 0.4) is 0 Å². The zero-order valence-electron chi connectivity index (χ0n) is 10.2. The summed E-state index contributed by atoms with van der Waals surface area (Å²) in [6.45, 7) is 4.15. The molecule has 0 spiro atoms. The number of aromatic nitrogens is 2. The molecule has 2 heterocycles. The highest BCUT2D eigenvalue weighted by Gasteiger charge is 2.12. The van der Waals surface area contributed by atoms with Crippen LogP contribution in [0.2, 0.25) is 0 Å². The Kier molecular flexibility index (Phi) is 3.18. The summed E-state index contributed by atoms with van der Waals surface area (Å²) in [5.41, 5.74) is 1.77. The number of H-pyrrole nitrogens is 1. The van der Waals surface area contributed by atoms with E-state index < -0.39 is 0 Å². The van der Waals surface area contributed by atoms with Crippen LogP contribution in [-0.2, 0) is 6.54 Å². The summed E-state index contributed by atoms with van der Waals surface area (Å²) in [5, 5.41) is 0. The molecule has 0 unspecified atom stereocenters. The third-order valence-corrected chi connectivity index (χ3v) is 3.90. The minimum Gasteiger partial charge on any atom is -0.331 e. The van der Waals surface area contributed by atoms with Crippen molar-refractivity contribution >= 4 is 23.3 Å². The van der Waals surface area contributed by atoms with Crippen LogP contribution in [-0.4, -0.2) is 34.1 Å². The normalized spacial score (nSPS) is 16.7. The van der Waals surface area contributed by atoms with E-state index in [2.05, 4.69) is 9.88 Å². The number of rotatable bonds is 3. The fraction of sp³-hybridized carbons (Fsp3) is 0.462. The van der Waals surface area contributed by atoms with Crippen LogP contribution in [0.4, 0.5) is 4.39 Å².